The Bertz CT molecular complexity index is 1030. The molecule has 2 aromatic rings. The molecule has 2 atom stereocenters. The SMILES string of the molecule is C=CC(=O)N1CC2CN(C(=O)CNc3cc(-c4ccc(Cl)cc4)c(Cl)cc3OC)CC2C1. The van der Waals surface area contributed by atoms with Crippen LogP contribution < -0.4 is 10.1 Å². The zero-order valence-corrected chi connectivity index (χ0v) is 19.3. The Kier molecular flexibility index (Phi) is 6.63. The van der Waals surface area contributed by atoms with Gasteiger partial charge in [-0.15, -0.1) is 0 Å². The highest BCUT2D eigenvalue weighted by Gasteiger charge is 2.42. The van der Waals surface area contributed by atoms with Crippen molar-refractivity contribution in [3.63, 3.8) is 0 Å². The Labute approximate surface area is 197 Å². The van der Waals surface area contributed by atoms with Gasteiger partial charge in [0.15, 0.2) is 0 Å². The van der Waals surface area contributed by atoms with Crippen molar-refractivity contribution in [1.29, 1.82) is 0 Å². The van der Waals surface area contributed by atoms with E-state index in [4.69, 9.17) is 27.9 Å². The summed E-state index contributed by atoms with van der Waals surface area (Å²) in [6.07, 6.45) is 1.35. The lowest BCUT2D eigenvalue weighted by molar-refractivity contribution is -0.128. The van der Waals surface area contributed by atoms with E-state index < -0.39 is 0 Å². The smallest absolute Gasteiger partial charge is 0.245 e. The average Bonchev–Trinajstić information content (AvgIpc) is 3.37. The van der Waals surface area contributed by atoms with E-state index in [9.17, 15) is 9.59 Å². The topological polar surface area (TPSA) is 61.9 Å². The number of methoxy groups -OCH3 is 1. The van der Waals surface area contributed by atoms with E-state index in [2.05, 4.69) is 11.9 Å². The van der Waals surface area contributed by atoms with Crippen LogP contribution in [0.25, 0.3) is 11.1 Å². The second-order valence-corrected chi connectivity index (χ2v) is 9.00. The van der Waals surface area contributed by atoms with Crippen LogP contribution in [0.3, 0.4) is 0 Å². The summed E-state index contributed by atoms with van der Waals surface area (Å²) in [7, 11) is 1.57. The fourth-order valence-electron chi connectivity index (χ4n) is 4.50. The zero-order chi connectivity index (χ0) is 22.8. The third-order valence-corrected chi connectivity index (χ3v) is 6.76. The Morgan fingerprint density at radius 2 is 1.72 bits per heavy atom. The molecule has 32 heavy (non-hydrogen) atoms. The first-order chi connectivity index (χ1) is 15.4. The van der Waals surface area contributed by atoms with E-state index >= 15 is 0 Å². The molecule has 8 heteroatoms. The molecule has 1 N–H and O–H groups in total. The second-order valence-electron chi connectivity index (χ2n) is 8.16. The lowest BCUT2D eigenvalue weighted by atomic mass is 10.0. The largest absolute Gasteiger partial charge is 0.495 e. The Hall–Kier alpha value is -2.70. The average molecular weight is 474 g/mol. The molecular formula is C24H25Cl2N3O3. The molecule has 2 saturated heterocycles. The number of anilines is 1. The van der Waals surface area contributed by atoms with Crippen LogP contribution >= 0.6 is 23.2 Å². The Balaban J connectivity index is 1.42. The van der Waals surface area contributed by atoms with E-state index in [1.54, 1.807) is 13.2 Å². The summed E-state index contributed by atoms with van der Waals surface area (Å²) in [5, 5.41) is 4.41. The summed E-state index contributed by atoms with van der Waals surface area (Å²) >= 11 is 12.5. The van der Waals surface area contributed by atoms with E-state index in [1.807, 2.05) is 40.1 Å². The van der Waals surface area contributed by atoms with Crippen LogP contribution in [0.4, 0.5) is 5.69 Å². The number of hydrogen-bond donors (Lipinski definition) is 1. The Morgan fingerprint density at radius 1 is 1.09 bits per heavy atom. The fraction of sp³-hybridized carbons (Fsp3) is 0.333. The number of ether oxygens (including phenoxy) is 1. The molecule has 168 valence electrons. The number of likely N-dealkylation sites (tertiary alicyclic amines) is 2. The van der Waals surface area contributed by atoms with Crippen molar-refractivity contribution in [2.24, 2.45) is 11.8 Å². The van der Waals surface area contributed by atoms with E-state index in [0.717, 1.165) is 11.1 Å². The van der Waals surface area contributed by atoms with Crippen LogP contribution in [0.5, 0.6) is 5.75 Å². The van der Waals surface area contributed by atoms with Gasteiger partial charge < -0.3 is 19.9 Å². The molecule has 2 amide bonds. The van der Waals surface area contributed by atoms with Crippen LogP contribution in [0, 0.1) is 11.8 Å². The van der Waals surface area contributed by atoms with Crippen LogP contribution in [-0.2, 0) is 9.59 Å². The number of halogens is 2. The van der Waals surface area contributed by atoms with Gasteiger partial charge in [-0.1, -0.05) is 41.9 Å². The second kappa shape index (κ2) is 9.43. The summed E-state index contributed by atoms with van der Waals surface area (Å²) in [6, 6.07) is 11.0. The predicted octanol–water partition coefficient (Wildman–Crippen LogP) is 4.18. The lowest BCUT2D eigenvalue weighted by Crippen LogP contribution is -2.37. The van der Waals surface area contributed by atoms with Crippen molar-refractivity contribution in [3.05, 3.63) is 59.1 Å². The number of hydrogen-bond acceptors (Lipinski definition) is 4. The number of nitrogens with zero attached hydrogens (tertiary/aromatic N) is 2. The summed E-state index contributed by atoms with van der Waals surface area (Å²) < 4.78 is 5.46. The van der Waals surface area contributed by atoms with Gasteiger partial charge in [0, 0.05) is 54.7 Å². The summed E-state index contributed by atoms with van der Waals surface area (Å²) in [6.45, 7) is 6.40. The van der Waals surface area contributed by atoms with Gasteiger partial charge in [-0.05, 0) is 29.8 Å². The van der Waals surface area contributed by atoms with Crippen LogP contribution in [0.2, 0.25) is 10.0 Å². The van der Waals surface area contributed by atoms with Gasteiger partial charge in [0.05, 0.1) is 24.4 Å². The highest BCUT2D eigenvalue weighted by atomic mass is 35.5. The number of benzene rings is 2. The van der Waals surface area contributed by atoms with Crippen molar-refractivity contribution < 1.29 is 14.3 Å². The first-order valence-electron chi connectivity index (χ1n) is 10.5. The van der Waals surface area contributed by atoms with Gasteiger partial charge >= 0.3 is 0 Å². The van der Waals surface area contributed by atoms with Gasteiger partial charge in [0.25, 0.3) is 0 Å². The number of amides is 2. The predicted molar refractivity (Wildman–Crippen MR) is 127 cm³/mol. The van der Waals surface area contributed by atoms with Gasteiger partial charge in [0.1, 0.15) is 5.75 Å². The zero-order valence-electron chi connectivity index (χ0n) is 17.8. The van der Waals surface area contributed by atoms with Crippen LogP contribution in [0.15, 0.2) is 49.1 Å². The minimum atomic E-state index is -0.0368. The fourth-order valence-corrected chi connectivity index (χ4v) is 4.89. The van der Waals surface area contributed by atoms with Crippen molar-refractivity contribution in [2.45, 2.75) is 0 Å². The minimum absolute atomic E-state index is 0.0195. The van der Waals surface area contributed by atoms with E-state index in [0.29, 0.717) is 59.5 Å². The normalized spacial score (nSPS) is 19.6. The van der Waals surface area contributed by atoms with Gasteiger partial charge in [-0.2, -0.15) is 0 Å². The van der Waals surface area contributed by atoms with E-state index in [-0.39, 0.29) is 18.4 Å². The highest BCUT2D eigenvalue weighted by Crippen LogP contribution is 2.37. The van der Waals surface area contributed by atoms with Crippen LogP contribution in [0.1, 0.15) is 0 Å². The maximum Gasteiger partial charge on any atom is 0.245 e. The molecule has 2 aliphatic heterocycles. The monoisotopic (exact) mass is 473 g/mol. The molecule has 0 aromatic heterocycles. The minimum Gasteiger partial charge on any atom is -0.495 e. The van der Waals surface area contributed by atoms with Gasteiger partial charge in [-0.3, -0.25) is 9.59 Å². The first kappa shape index (κ1) is 22.5. The lowest BCUT2D eigenvalue weighted by Gasteiger charge is -2.22. The summed E-state index contributed by atoms with van der Waals surface area (Å²) in [5.41, 5.74) is 2.43. The summed E-state index contributed by atoms with van der Waals surface area (Å²) in [5.74, 6) is 1.20. The molecule has 0 radical (unpaired) electrons. The first-order valence-corrected chi connectivity index (χ1v) is 11.2. The molecule has 2 aliphatic rings. The molecule has 0 bridgehead atoms. The quantitative estimate of drug-likeness (QED) is 0.639. The number of carbonyl (C=O) groups excluding carboxylic acids is 2. The molecule has 4 rings (SSSR count). The third-order valence-electron chi connectivity index (χ3n) is 6.20. The Morgan fingerprint density at radius 3 is 2.31 bits per heavy atom. The number of rotatable bonds is 6. The maximum atomic E-state index is 12.9. The standard InChI is InChI=1S/C24H25Cl2N3O3/c1-3-23(30)28-11-16-13-29(14-17(16)12-28)24(31)10-27-21-8-19(20(26)9-22(21)32-2)15-4-6-18(25)7-5-15/h3-9,16-17,27H,1,10-14H2,2H3. The third kappa shape index (κ3) is 4.57. The van der Waals surface area contributed by atoms with Crippen molar-refractivity contribution >= 4 is 40.7 Å². The molecule has 0 spiro atoms. The van der Waals surface area contributed by atoms with Crippen molar-refractivity contribution in [2.75, 3.05) is 45.2 Å². The molecule has 2 aromatic carbocycles. The molecule has 0 saturated carbocycles. The molecule has 2 fully saturated rings. The molecule has 2 heterocycles. The molecular weight excluding hydrogens is 449 g/mol. The number of nitrogens with one attached hydrogen (secondary N) is 1. The van der Waals surface area contributed by atoms with Gasteiger partial charge in [0.2, 0.25) is 11.8 Å². The van der Waals surface area contributed by atoms with Crippen molar-refractivity contribution in [1.82, 2.24) is 9.80 Å². The van der Waals surface area contributed by atoms with Gasteiger partial charge in [-0.25, -0.2) is 0 Å². The highest BCUT2D eigenvalue weighted by molar-refractivity contribution is 6.34. The van der Waals surface area contributed by atoms with Crippen molar-refractivity contribution in [3.8, 4) is 16.9 Å². The van der Waals surface area contributed by atoms with E-state index in [1.165, 1.54) is 6.08 Å². The molecule has 6 nitrogen and oxygen atoms in total. The molecule has 0 aliphatic carbocycles. The van der Waals surface area contributed by atoms with Crippen LogP contribution in [-0.4, -0.2) is 61.4 Å². The number of carbonyl (C=O) groups is 2. The number of fused-ring (bicyclic) bond motifs is 1. The molecule has 2 unspecified atom stereocenters. The maximum absolute atomic E-state index is 12.9. The summed E-state index contributed by atoms with van der Waals surface area (Å²) in [4.78, 5) is 28.4.